The van der Waals surface area contributed by atoms with Gasteiger partial charge in [-0.05, 0) is 42.5 Å². The lowest BCUT2D eigenvalue weighted by Gasteiger charge is -2.24. The van der Waals surface area contributed by atoms with E-state index in [0.29, 0.717) is 0 Å². The van der Waals surface area contributed by atoms with Gasteiger partial charge in [0.2, 0.25) is 0 Å². The summed E-state index contributed by atoms with van der Waals surface area (Å²) in [5, 5.41) is 11.0. The summed E-state index contributed by atoms with van der Waals surface area (Å²) in [5.74, 6) is 5.07. The van der Waals surface area contributed by atoms with Crippen molar-refractivity contribution >= 4 is 6.08 Å². The van der Waals surface area contributed by atoms with Gasteiger partial charge in [-0.3, -0.25) is 10.1 Å². The van der Waals surface area contributed by atoms with E-state index in [1.54, 1.807) is 0 Å². The number of alkyl halides is 6. The molecule has 1 atom stereocenters. The fourth-order valence-corrected chi connectivity index (χ4v) is 2.54. The van der Waals surface area contributed by atoms with E-state index in [4.69, 9.17) is 4.74 Å². The van der Waals surface area contributed by atoms with Crippen LogP contribution >= 0.6 is 0 Å². The Morgan fingerprint density at radius 2 is 1.52 bits per heavy atom. The second kappa shape index (κ2) is 7.16. The van der Waals surface area contributed by atoms with Gasteiger partial charge in [-0.2, -0.15) is 26.3 Å². The Balaban J connectivity index is 1.90. The van der Waals surface area contributed by atoms with Crippen LogP contribution in [0.3, 0.4) is 0 Å². The minimum atomic E-state index is -4.96. The third-order valence-electron chi connectivity index (χ3n) is 3.90. The fourth-order valence-electron chi connectivity index (χ4n) is 2.54. The van der Waals surface area contributed by atoms with Gasteiger partial charge in [0.05, 0.1) is 10.5 Å². The highest BCUT2D eigenvalue weighted by atomic mass is 19.4. The van der Waals surface area contributed by atoms with Crippen LogP contribution in [0, 0.1) is 22.0 Å². The van der Waals surface area contributed by atoms with Crippen molar-refractivity contribution in [3.8, 4) is 17.6 Å². The molecular formula is C19H9F6NO3. The second-order valence-electron chi connectivity index (χ2n) is 5.94. The van der Waals surface area contributed by atoms with E-state index in [1.165, 1.54) is 30.3 Å². The van der Waals surface area contributed by atoms with Gasteiger partial charge in [0, 0.05) is 22.8 Å². The summed E-state index contributed by atoms with van der Waals surface area (Å²) in [6.07, 6.45) is -11.4. The number of benzene rings is 2. The number of fused-ring (bicyclic) bond motifs is 1. The zero-order valence-corrected chi connectivity index (χ0v) is 14.1. The Morgan fingerprint density at radius 3 is 2.07 bits per heavy atom. The zero-order valence-electron chi connectivity index (χ0n) is 14.1. The van der Waals surface area contributed by atoms with Crippen molar-refractivity contribution in [1.29, 1.82) is 0 Å². The van der Waals surface area contributed by atoms with Crippen molar-refractivity contribution in [2.45, 2.75) is 18.5 Å². The molecule has 4 nitrogen and oxygen atoms in total. The maximum atomic E-state index is 13.0. The molecule has 0 aliphatic carbocycles. The molecule has 0 spiro atoms. The van der Waals surface area contributed by atoms with Crippen LogP contribution in [0.5, 0.6) is 5.75 Å². The first-order valence-corrected chi connectivity index (χ1v) is 7.88. The molecule has 150 valence electrons. The molecule has 3 rings (SSSR count). The van der Waals surface area contributed by atoms with Gasteiger partial charge in [-0.15, -0.1) is 0 Å². The van der Waals surface area contributed by atoms with Crippen molar-refractivity contribution < 1.29 is 36.0 Å². The highest BCUT2D eigenvalue weighted by Crippen LogP contribution is 2.37. The average molecular weight is 413 g/mol. The molecule has 10 heteroatoms. The van der Waals surface area contributed by atoms with Crippen LogP contribution < -0.4 is 4.74 Å². The molecule has 1 unspecified atom stereocenters. The van der Waals surface area contributed by atoms with Crippen LogP contribution in [0.4, 0.5) is 26.3 Å². The molecule has 0 aromatic heterocycles. The summed E-state index contributed by atoms with van der Waals surface area (Å²) in [6.45, 7) is 0. The molecule has 1 aliphatic heterocycles. The van der Waals surface area contributed by atoms with E-state index in [1.807, 2.05) is 0 Å². The van der Waals surface area contributed by atoms with Crippen molar-refractivity contribution in [2.24, 2.45) is 0 Å². The van der Waals surface area contributed by atoms with Crippen molar-refractivity contribution in [3.63, 3.8) is 0 Å². The predicted octanol–water partition coefficient (Wildman–Crippen LogP) is 5.05. The molecule has 0 saturated heterocycles. The Hall–Kier alpha value is -3.48. The third kappa shape index (κ3) is 4.51. The molecule has 0 bridgehead atoms. The highest BCUT2D eigenvalue weighted by molar-refractivity contribution is 5.64. The summed E-state index contributed by atoms with van der Waals surface area (Å²) in [5.41, 5.74) is -1.37. The molecular weight excluding hydrogens is 404 g/mol. The van der Waals surface area contributed by atoms with Crippen molar-refractivity contribution in [2.75, 3.05) is 0 Å². The zero-order chi connectivity index (χ0) is 21.4. The largest absolute Gasteiger partial charge is 0.469 e. The van der Waals surface area contributed by atoms with Gasteiger partial charge in [0.1, 0.15) is 5.75 Å². The fraction of sp³-hybridized carbons (Fsp3) is 0.158. The van der Waals surface area contributed by atoms with E-state index in [0.717, 1.165) is 18.2 Å². The number of halogens is 6. The SMILES string of the molecule is O=[N+]([O-])C1=Cc2cc(C#Cc3ccc(C(F)(F)F)cc3)ccc2OC1C(F)(F)F. The first-order valence-electron chi connectivity index (χ1n) is 7.88. The number of hydrogen-bond acceptors (Lipinski definition) is 3. The van der Waals surface area contributed by atoms with Gasteiger partial charge in [0.15, 0.2) is 0 Å². The van der Waals surface area contributed by atoms with Gasteiger partial charge in [0.25, 0.3) is 11.8 Å². The molecule has 0 radical (unpaired) electrons. The van der Waals surface area contributed by atoms with Gasteiger partial charge in [-0.1, -0.05) is 11.8 Å². The van der Waals surface area contributed by atoms with E-state index in [2.05, 4.69) is 11.8 Å². The Kier molecular flexibility index (Phi) is 5.00. The third-order valence-corrected chi connectivity index (χ3v) is 3.90. The summed E-state index contributed by atoms with van der Waals surface area (Å²) in [7, 11) is 0. The molecule has 0 amide bonds. The Morgan fingerprint density at radius 1 is 0.931 bits per heavy atom. The quantitative estimate of drug-likeness (QED) is 0.285. The highest BCUT2D eigenvalue weighted by Gasteiger charge is 2.51. The first kappa shape index (κ1) is 20.3. The van der Waals surface area contributed by atoms with Crippen LogP contribution in [0.2, 0.25) is 0 Å². The lowest BCUT2D eigenvalue weighted by Crippen LogP contribution is -2.40. The summed E-state index contributed by atoms with van der Waals surface area (Å²) < 4.78 is 81.3. The van der Waals surface area contributed by atoms with Crippen molar-refractivity contribution in [1.82, 2.24) is 0 Å². The summed E-state index contributed by atoms with van der Waals surface area (Å²) >= 11 is 0. The predicted molar refractivity (Wildman–Crippen MR) is 89.3 cm³/mol. The van der Waals surface area contributed by atoms with Crippen LogP contribution in [-0.4, -0.2) is 17.2 Å². The smallest absolute Gasteiger partial charge is 0.436 e. The van der Waals surface area contributed by atoms with Crippen LogP contribution in [0.15, 0.2) is 48.2 Å². The number of nitrogens with zero attached hydrogens (tertiary/aromatic N) is 1. The van der Waals surface area contributed by atoms with E-state index in [9.17, 15) is 36.5 Å². The van der Waals surface area contributed by atoms with Crippen LogP contribution in [0.25, 0.3) is 6.08 Å². The second-order valence-corrected chi connectivity index (χ2v) is 5.94. The van der Waals surface area contributed by atoms with E-state index in [-0.39, 0.29) is 22.4 Å². The first-order chi connectivity index (χ1) is 13.4. The summed E-state index contributed by atoms with van der Waals surface area (Å²) in [4.78, 5) is 9.80. The maximum Gasteiger partial charge on any atom is 0.436 e. The maximum absolute atomic E-state index is 13.0. The Labute approximate surface area is 159 Å². The average Bonchev–Trinajstić information content (AvgIpc) is 2.64. The molecule has 29 heavy (non-hydrogen) atoms. The minimum absolute atomic E-state index is 0.0384. The van der Waals surface area contributed by atoms with E-state index >= 15 is 0 Å². The molecule has 0 fully saturated rings. The van der Waals surface area contributed by atoms with Gasteiger partial charge in [-0.25, -0.2) is 0 Å². The standard InChI is InChI=1S/C19H9F6NO3/c20-18(21,22)14-6-3-11(4-7-14)1-2-12-5-8-16-13(9-12)10-15(26(27)28)17(29-16)19(23,24)25/h3-10,17H. The Bertz CT molecular complexity index is 1040. The van der Waals surface area contributed by atoms with Crippen molar-refractivity contribution in [3.05, 3.63) is 80.5 Å². The minimum Gasteiger partial charge on any atom is -0.469 e. The lowest BCUT2D eigenvalue weighted by atomic mass is 10.0. The lowest BCUT2D eigenvalue weighted by molar-refractivity contribution is -0.443. The van der Waals surface area contributed by atoms with Gasteiger partial charge < -0.3 is 4.74 Å². The topological polar surface area (TPSA) is 52.4 Å². The molecule has 0 saturated carbocycles. The summed E-state index contributed by atoms with van der Waals surface area (Å²) in [6, 6.07) is 7.92. The number of ether oxygens (including phenoxy) is 1. The molecule has 2 aromatic rings. The van der Waals surface area contributed by atoms with Gasteiger partial charge >= 0.3 is 12.4 Å². The molecule has 2 aromatic carbocycles. The number of rotatable bonds is 1. The van der Waals surface area contributed by atoms with Crippen LogP contribution in [0.1, 0.15) is 22.3 Å². The normalized spacial score (nSPS) is 16.1. The monoisotopic (exact) mass is 413 g/mol. The number of nitro groups is 1. The molecule has 0 N–H and O–H groups in total. The molecule has 1 heterocycles. The number of hydrogen-bond donors (Lipinski definition) is 0. The molecule has 1 aliphatic rings. The van der Waals surface area contributed by atoms with E-state index < -0.39 is 34.6 Å². The van der Waals surface area contributed by atoms with Crippen LogP contribution in [-0.2, 0) is 6.18 Å².